The number of hydrogen-bond acceptors (Lipinski definition) is 16. The minimum atomic E-state index is -5.45. The lowest BCUT2D eigenvalue weighted by Crippen LogP contribution is -2.36. The predicted molar refractivity (Wildman–Crippen MR) is 281 cm³/mol. The Labute approximate surface area is 431 Å². The van der Waals surface area contributed by atoms with Crippen LogP contribution in [0.4, 0.5) is 5.82 Å². The van der Waals surface area contributed by atoms with Gasteiger partial charge in [-0.15, -0.1) is 0 Å². The highest BCUT2D eigenvalue weighted by molar-refractivity contribution is 7.61. The van der Waals surface area contributed by atoms with Gasteiger partial charge in [-0.1, -0.05) is 130 Å². The van der Waals surface area contributed by atoms with Crippen LogP contribution in [-0.2, 0) is 46.3 Å². The van der Waals surface area contributed by atoms with Crippen LogP contribution in [-0.4, -0.2) is 96.9 Å². The number of unbranched alkanes of at least 4 members (excludes halogenated alkanes) is 5. The summed E-state index contributed by atoms with van der Waals surface area (Å²) < 4.78 is 56.7. The Morgan fingerprint density at radius 3 is 1.85 bits per heavy atom. The Balaban J connectivity index is 1.85. The monoisotopic (exact) mass is 1070 g/mol. The van der Waals surface area contributed by atoms with Crippen LogP contribution >= 0.6 is 15.6 Å². The van der Waals surface area contributed by atoms with Crippen LogP contribution in [0.1, 0.15) is 142 Å². The van der Waals surface area contributed by atoms with Crippen molar-refractivity contribution in [2.75, 3.05) is 25.6 Å². The van der Waals surface area contributed by atoms with Crippen molar-refractivity contribution < 1.29 is 71.4 Å². The molecule has 1 fully saturated rings. The summed E-state index contributed by atoms with van der Waals surface area (Å²) >= 11 is 0. The summed E-state index contributed by atoms with van der Waals surface area (Å²) in [7, 11) is -10.9. The largest absolute Gasteiger partial charge is 0.481 e. The van der Waals surface area contributed by atoms with Crippen molar-refractivity contribution in [1.29, 1.82) is 0 Å². The summed E-state index contributed by atoms with van der Waals surface area (Å²) in [5.74, 6) is -1.43. The fourth-order valence-electron chi connectivity index (χ4n) is 6.84. The molecule has 1 aromatic rings. The van der Waals surface area contributed by atoms with Gasteiger partial charge in [-0.05, 0) is 96.0 Å². The molecule has 8 atom stereocenters. The maximum absolute atomic E-state index is 12.9. The molecule has 2 heterocycles. The molecule has 0 amide bonds. The molecule has 2 rings (SSSR count). The molecular formula is C52H81N3O16P2. The van der Waals surface area contributed by atoms with E-state index in [0.717, 1.165) is 94.2 Å². The number of hydrogen-bond donors (Lipinski definition) is 6. The van der Waals surface area contributed by atoms with Gasteiger partial charge in [-0.25, -0.2) is 13.9 Å². The zero-order valence-electron chi connectivity index (χ0n) is 42.5. The van der Waals surface area contributed by atoms with E-state index in [2.05, 4.69) is 83.1 Å². The number of phosphoric ester groups is 2. The standard InChI is InChI=1S/C52H81N3O16P2/c1-3-5-6-7-8-9-10-11-12-13-14-17-21-24-27-30-33-37-48(58)69-44(40-66-47(57)36-32-29-26-23-20-18-15-16-19-22-25-28-31-35-43(56)34-4-2)41-67-72(62,63)71-73(64,65)68-42-45-49(59)50(60)51(70-45)55-39-38-46(53)54-52(55)61/h5-6,8-9,11-12,14-15,17-19,22-23,26,28,31,38-39,43-45,49-51,56,59-60H,3-4,7,10,13,16,20-21,24-25,27,29-30,32-37,40-42H2,1-2H3,(H,62,63)(H,64,65)(H2,53,54,61)/b6-5-,9-8-,12-11-,17-14-,18-15-,22-19-,26-23-,31-28-/t43?,44-,45-,49-,50-,51-/m1/s1. The van der Waals surface area contributed by atoms with Gasteiger partial charge in [0.2, 0.25) is 0 Å². The number of aliphatic hydroxyl groups excluding tert-OH is 3. The van der Waals surface area contributed by atoms with Crippen molar-refractivity contribution >= 4 is 33.4 Å². The molecule has 73 heavy (non-hydrogen) atoms. The highest BCUT2D eigenvalue weighted by Crippen LogP contribution is 2.60. The molecule has 1 aromatic heterocycles. The van der Waals surface area contributed by atoms with E-state index < -0.39 is 83.7 Å². The lowest BCUT2D eigenvalue weighted by atomic mass is 10.1. The lowest BCUT2D eigenvalue weighted by molar-refractivity contribution is -0.161. The van der Waals surface area contributed by atoms with Crippen LogP contribution in [0.15, 0.2) is 114 Å². The van der Waals surface area contributed by atoms with Gasteiger partial charge < -0.3 is 45.1 Å². The van der Waals surface area contributed by atoms with Gasteiger partial charge in [-0.3, -0.25) is 23.2 Å². The number of phosphoric acid groups is 2. The molecule has 1 aliphatic heterocycles. The number of nitrogen functional groups attached to an aromatic ring is 1. The number of nitrogens with zero attached hydrogens (tertiary/aromatic N) is 2. The summed E-state index contributed by atoms with van der Waals surface area (Å²) in [6, 6.07) is 1.24. The lowest BCUT2D eigenvalue weighted by Gasteiger charge is -2.21. The van der Waals surface area contributed by atoms with Gasteiger partial charge >= 0.3 is 33.3 Å². The summed E-state index contributed by atoms with van der Waals surface area (Å²) in [6.45, 7) is 1.75. The fraction of sp³-hybridized carbons (Fsp3) is 0.577. The normalized spacial score (nSPS) is 20.2. The zero-order chi connectivity index (χ0) is 53.6. The minimum Gasteiger partial charge on any atom is -0.462 e. The van der Waals surface area contributed by atoms with E-state index in [1.165, 1.54) is 6.07 Å². The molecule has 0 saturated carbocycles. The number of rotatable bonds is 40. The zero-order valence-corrected chi connectivity index (χ0v) is 44.3. The Kier molecular flexibility index (Phi) is 34.7. The van der Waals surface area contributed by atoms with Crippen LogP contribution in [0.25, 0.3) is 0 Å². The Morgan fingerprint density at radius 1 is 0.726 bits per heavy atom. The molecule has 21 heteroatoms. The van der Waals surface area contributed by atoms with Crippen molar-refractivity contribution in [3.63, 3.8) is 0 Å². The van der Waals surface area contributed by atoms with Gasteiger partial charge in [0.1, 0.15) is 30.7 Å². The first-order valence-electron chi connectivity index (χ1n) is 25.3. The molecule has 1 aliphatic rings. The predicted octanol–water partition coefficient (Wildman–Crippen LogP) is 9.41. The van der Waals surface area contributed by atoms with E-state index in [1.54, 1.807) is 0 Å². The smallest absolute Gasteiger partial charge is 0.462 e. The topological polar surface area (TPSA) is 286 Å². The number of aromatic nitrogens is 2. The summed E-state index contributed by atoms with van der Waals surface area (Å²) in [5, 5.41) is 30.7. The number of allylic oxidation sites excluding steroid dienone is 15. The second-order valence-electron chi connectivity index (χ2n) is 17.1. The van der Waals surface area contributed by atoms with E-state index in [9.17, 15) is 48.6 Å². The average Bonchev–Trinajstić information content (AvgIpc) is 3.62. The van der Waals surface area contributed by atoms with Gasteiger partial charge in [0.25, 0.3) is 0 Å². The number of carbonyl (C=O) groups is 2. The third-order valence-electron chi connectivity index (χ3n) is 10.7. The maximum Gasteiger partial charge on any atom is 0.481 e. The number of ether oxygens (including phenoxy) is 3. The second kappa shape index (κ2) is 39.1. The number of nitrogens with two attached hydrogens (primary N) is 1. The van der Waals surface area contributed by atoms with Gasteiger partial charge in [0, 0.05) is 19.0 Å². The Bertz CT molecular complexity index is 2120. The van der Waals surface area contributed by atoms with Gasteiger partial charge in [0.15, 0.2) is 12.3 Å². The molecule has 7 N–H and O–H groups in total. The second-order valence-corrected chi connectivity index (χ2v) is 20.2. The fourth-order valence-corrected chi connectivity index (χ4v) is 8.95. The molecule has 3 unspecified atom stereocenters. The van der Waals surface area contributed by atoms with E-state index in [1.807, 2.05) is 37.3 Å². The SMILES string of the molecule is CC/C=C\C/C=C\C/C=C\C/C=C\CCCCCCC(=O)O[C@H](COC(=O)CCC/C=C\C/C=C\C/C=C\C/C=C\CC(O)CCC)COP(=O)(O)OP(=O)(O)OC[C@H]1O[C@@H](n2ccc(N)nc2=O)[C@H](O)[C@@H]1O. The quantitative estimate of drug-likeness (QED) is 0.0154. The van der Waals surface area contributed by atoms with E-state index >= 15 is 0 Å². The van der Waals surface area contributed by atoms with Crippen LogP contribution in [0.5, 0.6) is 0 Å². The first kappa shape index (κ1) is 64.8. The Hall–Kier alpha value is -4.36. The van der Waals surface area contributed by atoms with Gasteiger partial charge in [0.05, 0.1) is 19.3 Å². The molecule has 0 spiro atoms. The highest BCUT2D eigenvalue weighted by atomic mass is 31.3. The van der Waals surface area contributed by atoms with E-state index in [4.69, 9.17) is 29.0 Å². The van der Waals surface area contributed by atoms with Crippen molar-refractivity contribution in [1.82, 2.24) is 9.55 Å². The number of aliphatic hydroxyl groups is 3. The maximum atomic E-state index is 12.9. The molecule has 0 aromatic carbocycles. The molecular weight excluding hydrogens is 985 g/mol. The molecule has 0 radical (unpaired) electrons. The average molecular weight is 1070 g/mol. The number of carbonyl (C=O) groups excluding carboxylic acids is 2. The Morgan fingerprint density at radius 2 is 1.26 bits per heavy atom. The van der Waals surface area contributed by atoms with Crippen molar-refractivity contribution in [3.05, 3.63) is 120 Å². The van der Waals surface area contributed by atoms with Crippen LogP contribution in [0, 0.1) is 0 Å². The molecule has 0 aliphatic carbocycles. The first-order valence-corrected chi connectivity index (χ1v) is 28.3. The highest BCUT2D eigenvalue weighted by Gasteiger charge is 2.46. The third kappa shape index (κ3) is 31.9. The van der Waals surface area contributed by atoms with Crippen LogP contribution in [0.2, 0.25) is 0 Å². The minimum absolute atomic E-state index is 0.00295. The summed E-state index contributed by atoms with van der Waals surface area (Å²) in [4.78, 5) is 61.9. The van der Waals surface area contributed by atoms with Crippen LogP contribution < -0.4 is 11.4 Å². The summed E-state index contributed by atoms with van der Waals surface area (Å²) in [6.07, 6.45) is 39.8. The molecule has 1 saturated heterocycles. The number of esters is 2. The summed E-state index contributed by atoms with van der Waals surface area (Å²) in [5.41, 5.74) is 4.57. The first-order chi connectivity index (χ1) is 35.1. The van der Waals surface area contributed by atoms with Crippen molar-refractivity contribution in [3.8, 4) is 0 Å². The number of anilines is 1. The molecule has 410 valence electrons. The van der Waals surface area contributed by atoms with Crippen LogP contribution in [0.3, 0.4) is 0 Å². The third-order valence-corrected chi connectivity index (χ3v) is 13.3. The van der Waals surface area contributed by atoms with Gasteiger partial charge in [-0.2, -0.15) is 9.29 Å². The van der Waals surface area contributed by atoms with Crippen molar-refractivity contribution in [2.24, 2.45) is 0 Å². The van der Waals surface area contributed by atoms with E-state index in [-0.39, 0.29) is 24.8 Å². The molecule has 0 bridgehead atoms. The van der Waals surface area contributed by atoms with Crippen molar-refractivity contribution in [2.45, 2.75) is 173 Å². The molecule has 19 nitrogen and oxygen atoms in total. The van der Waals surface area contributed by atoms with E-state index in [0.29, 0.717) is 25.7 Å².